The van der Waals surface area contributed by atoms with Crippen molar-refractivity contribution in [3.63, 3.8) is 0 Å². The highest BCUT2D eigenvalue weighted by Gasteiger charge is 2.13. The van der Waals surface area contributed by atoms with Crippen LogP contribution in [0.15, 0.2) is 42.6 Å². The molecular formula is C12H12N4O5. The third-order valence-corrected chi connectivity index (χ3v) is 2.45. The van der Waals surface area contributed by atoms with Crippen LogP contribution in [0.5, 0.6) is 5.75 Å². The van der Waals surface area contributed by atoms with Crippen LogP contribution in [-0.4, -0.2) is 9.85 Å². The molecule has 0 atom stereocenters. The van der Waals surface area contributed by atoms with Crippen LogP contribution < -0.4 is 15.6 Å². The standard InChI is InChI=1S/C6H4N2O5.C6H9N2/c9-6-2-1-4(7(10)11)3-5(6)8(12)13;1-6-4-2-3-5-8(6)7/h1-3,9H;2-5H,7H2,1H3/q;+1/p-1. The van der Waals surface area contributed by atoms with Crippen molar-refractivity contribution in [3.8, 4) is 5.75 Å². The summed E-state index contributed by atoms with van der Waals surface area (Å²) in [6.45, 7) is 1.96. The van der Waals surface area contributed by atoms with Crippen LogP contribution in [0.2, 0.25) is 0 Å². The molecule has 1 heterocycles. The Morgan fingerprint density at radius 3 is 2.19 bits per heavy atom. The Balaban J connectivity index is 0.000000235. The minimum Gasteiger partial charge on any atom is -0.868 e. The zero-order valence-corrected chi connectivity index (χ0v) is 11.0. The molecule has 0 saturated carbocycles. The largest absolute Gasteiger partial charge is 0.868 e. The van der Waals surface area contributed by atoms with Gasteiger partial charge >= 0.3 is 0 Å². The number of nitrogen functional groups attached to an aromatic ring is 1. The lowest BCUT2D eigenvalue weighted by atomic mass is 10.2. The van der Waals surface area contributed by atoms with Gasteiger partial charge in [-0.2, -0.15) is 0 Å². The van der Waals surface area contributed by atoms with E-state index in [0.29, 0.717) is 6.07 Å². The van der Waals surface area contributed by atoms with Gasteiger partial charge in [0.05, 0.1) is 15.9 Å². The van der Waals surface area contributed by atoms with Gasteiger partial charge in [0.1, 0.15) is 0 Å². The first-order valence-electron chi connectivity index (χ1n) is 5.65. The number of non-ortho nitro benzene ring substituents is 1. The average Bonchev–Trinajstić information content (AvgIpc) is 2.43. The number of nitrogens with two attached hydrogens (primary N) is 1. The molecule has 0 bridgehead atoms. The number of rotatable bonds is 2. The van der Waals surface area contributed by atoms with Gasteiger partial charge in [-0.15, -0.1) is 0 Å². The van der Waals surface area contributed by atoms with Gasteiger partial charge in [-0.3, -0.25) is 20.2 Å². The number of hydrogen-bond donors (Lipinski definition) is 1. The first-order chi connectivity index (χ1) is 9.82. The monoisotopic (exact) mass is 292 g/mol. The first kappa shape index (κ1) is 15.8. The number of benzene rings is 1. The summed E-state index contributed by atoms with van der Waals surface area (Å²) in [4.78, 5) is 18.6. The van der Waals surface area contributed by atoms with E-state index < -0.39 is 27.0 Å². The lowest BCUT2D eigenvalue weighted by Gasteiger charge is -2.03. The Hall–Kier alpha value is -3.23. The van der Waals surface area contributed by atoms with Crippen LogP contribution in [-0.2, 0) is 0 Å². The third kappa shape index (κ3) is 4.42. The summed E-state index contributed by atoms with van der Waals surface area (Å²) < 4.78 is 1.58. The number of nitro groups is 2. The Morgan fingerprint density at radius 2 is 1.76 bits per heavy atom. The molecule has 9 nitrogen and oxygen atoms in total. The summed E-state index contributed by atoms with van der Waals surface area (Å²) in [6.07, 6.45) is 1.81. The number of aromatic nitrogens is 1. The summed E-state index contributed by atoms with van der Waals surface area (Å²) in [5, 5.41) is 31.1. The minimum absolute atomic E-state index is 0.466. The summed E-state index contributed by atoms with van der Waals surface area (Å²) in [5.41, 5.74) is -0.187. The molecule has 2 aromatic rings. The minimum atomic E-state index is -0.949. The SMILES string of the molecule is Cc1cccc[n+]1N.O=[N+]([O-])c1ccc([O-])c([N+](=O)[O-])c1. The lowest BCUT2D eigenvalue weighted by Crippen LogP contribution is -2.46. The highest BCUT2D eigenvalue weighted by molar-refractivity contribution is 5.51. The molecule has 1 aromatic heterocycles. The van der Waals surface area contributed by atoms with Crippen molar-refractivity contribution in [1.29, 1.82) is 0 Å². The normalized spacial score (nSPS) is 9.38. The zero-order valence-electron chi connectivity index (χ0n) is 11.0. The molecule has 110 valence electrons. The predicted octanol–water partition coefficient (Wildman–Crippen LogP) is 0.573. The maximum Gasteiger partial charge on any atom is 0.276 e. The summed E-state index contributed by atoms with van der Waals surface area (Å²) in [5.74, 6) is 4.60. The van der Waals surface area contributed by atoms with Crippen molar-refractivity contribution in [2.24, 2.45) is 0 Å². The van der Waals surface area contributed by atoms with Gasteiger partial charge in [0.15, 0.2) is 6.20 Å². The van der Waals surface area contributed by atoms with E-state index >= 15 is 0 Å². The van der Waals surface area contributed by atoms with Gasteiger partial charge < -0.3 is 5.11 Å². The van der Waals surface area contributed by atoms with Crippen LogP contribution in [0.4, 0.5) is 11.4 Å². The van der Waals surface area contributed by atoms with Crippen molar-refractivity contribution < 1.29 is 19.6 Å². The van der Waals surface area contributed by atoms with E-state index in [0.717, 1.165) is 17.8 Å². The molecule has 1 aromatic carbocycles. The number of nitrogens with zero attached hydrogens (tertiary/aromatic N) is 3. The van der Waals surface area contributed by atoms with Crippen molar-refractivity contribution in [3.05, 3.63) is 68.5 Å². The van der Waals surface area contributed by atoms with Crippen LogP contribution in [0, 0.1) is 27.2 Å². The van der Waals surface area contributed by atoms with Crippen LogP contribution in [0.1, 0.15) is 5.69 Å². The molecule has 0 aliphatic carbocycles. The van der Waals surface area contributed by atoms with E-state index in [1.165, 1.54) is 0 Å². The summed E-state index contributed by atoms with van der Waals surface area (Å²) in [6, 6.07) is 8.18. The van der Waals surface area contributed by atoms with Crippen molar-refractivity contribution >= 4 is 11.4 Å². The maximum atomic E-state index is 10.8. The second-order valence-electron chi connectivity index (χ2n) is 3.92. The highest BCUT2D eigenvalue weighted by Crippen LogP contribution is 2.27. The maximum absolute atomic E-state index is 10.8. The molecule has 0 amide bonds. The lowest BCUT2D eigenvalue weighted by molar-refractivity contribution is -0.645. The number of nitro benzene ring substituents is 2. The van der Waals surface area contributed by atoms with Gasteiger partial charge in [-0.25, -0.2) is 5.84 Å². The van der Waals surface area contributed by atoms with E-state index in [9.17, 15) is 25.3 Å². The van der Waals surface area contributed by atoms with Crippen molar-refractivity contribution in [2.75, 3.05) is 5.84 Å². The zero-order chi connectivity index (χ0) is 16.0. The second kappa shape index (κ2) is 6.80. The van der Waals surface area contributed by atoms with E-state index in [1.54, 1.807) is 4.68 Å². The number of pyridine rings is 1. The van der Waals surface area contributed by atoms with Gasteiger partial charge in [-0.05, 0) is 11.8 Å². The van der Waals surface area contributed by atoms with Crippen LogP contribution in [0.25, 0.3) is 0 Å². The molecule has 0 fully saturated rings. The van der Waals surface area contributed by atoms with E-state index in [1.807, 2.05) is 31.3 Å². The van der Waals surface area contributed by atoms with Crippen LogP contribution >= 0.6 is 0 Å². The Kier molecular flexibility index (Phi) is 5.12. The highest BCUT2D eigenvalue weighted by atomic mass is 16.6. The van der Waals surface area contributed by atoms with Gasteiger partial charge in [-0.1, -0.05) is 10.7 Å². The van der Waals surface area contributed by atoms with E-state index in [-0.39, 0.29) is 0 Å². The third-order valence-electron chi connectivity index (χ3n) is 2.45. The van der Waals surface area contributed by atoms with Gasteiger partial charge in [0, 0.05) is 25.1 Å². The summed E-state index contributed by atoms with van der Waals surface area (Å²) >= 11 is 0. The average molecular weight is 292 g/mol. The Morgan fingerprint density at radius 1 is 1.10 bits per heavy atom. The number of hydrogen-bond acceptors (Lipinski definition) is 6. The fraction of sp³-hybridized carbons (Fsp3) is 0.0833. The van der Waals surface area contributed by atoms with Crippen molar-refractivity contribution in [1.82, 2.24) is 0 Å². The summed E-state index contributed by atoms with van der Waals surface area (Å²) in [7, 11) is 0. The molecule has 0 spiro atoms. The van der Waals surface area contributed by atoms with Crippen LogP contribution in [0.3, 0.4) is 0 Å². The molecular weight excluding hydrogens is 280 g/mol. The topological polar surface area (TPSA) is 139 Å². The smallest absolute Gasteiger partial charge is 0.276 e. The molecule has 0 radical (unpaired) electrons. The fourth-order valence-corrected chi connectivity index (χ4v) is 1.30. The van der Waals surface area contributed by atoms with E-state index in [4.69, 9.17) is 5.84 Å². The quantitative estimate of drug-likeness (QED) is 0.371. The molecule has 0 saturated heterocycles. The molecule has 9 heteroatoms. The molecule has 2 rings (SSSR count). The Bertz CT molecular complexity index is 653. The first-order valence-corrected chi connectivity index (χ1v) is 5.65. The molecule has 2 N–H and O–H groups in total. The number of aryl methyl sites for hydroxylation is 1. The van der Waals surface area contributed by atoms with Gasteiger partial charge in [0.25, 0.3) is 11.4 Å². The Labute approximate surface area is 119 Å². The molecule has 0 unspecified atom stereocenters. The van der Waals surface area contributed by atoms with Crippen molar-refractivity contribution in [2.45, 2.75) is 6.92 Å². The predicted molar refractivity (Wildman–Crippen MR) is 70.7 cm³/mol. The van der Waals surface area contributed by atoms with E-state index in [2.05, 4.69) is 0 Å². The molecule has 0 aliphatic rings. The molecule has 21 heavy (non-hydrogen) atoms. The second-order valence-corrected chi connectivity index (χ2v) is 3.92. The van der Waals surface area contributed by atoms with Gasteiger partial charge in [0.2, 0.25) is 5.69 Å². The molecule has 0 aliphatic heterocycles. The fourth-order valence-electron chi connectivity index (χ4n) is 1.30.